The van der Waals surface area contributed by atoms with Gasteiger partial charge in [0.15, 0.2) is 0 Å². The van der Waals surface area contributed by atoms with Crippen molar-refractivity contribution >= 4 is 5.91 Å². The second-order valence-corrected chi connectivity index (χ2v) is 3.51. The van der Waals surface area contributed by atoms with E-state index < -0.39 is 5.56 Å². The lowest BCUT2D eigenvalue weighted by atomic mass is 10.2. The Bertz CT molecular complexity index is 560. The van der Waals surface area contributed by atoms with Gasteiger partial charge in [-0.3, -0.25) is 14.7 Å². The third kappa shape index (κ3) is 2.39. The lowest BCUT2D eigenvalue weighted by Crippen LogP contribution is -2.31. The lowest BCUT2D eigenvalue weighted by Gasteiger charge is -2.14. The first-order valence-corrected chi connectivity index (χ1v) is 4.96. The van der Waals surface area contributed by atoms with Crippen LogP contribution in [0.25, 0.3) is 0 Å². The molecule has 0 atom stereocenters. The van der Waals surface area contributed by atoms with Crippen LogP contribution in [-0.2, 0) is 6.54 Å². The van der Waals surface area contributed by atoms with Gasteiger partial charge in [0, 0.05) is 13.2 Å². The first kappa shape index (κ1) is 11.1. The molecule has 2 N–H and O–H groups in total. The molecule has 2 rings (SSSR count). The van der Waals surface area contributed by atoms with E-state index in [4.69, 9.17) is 0 Å². The van der Waals surface area contributed by atoms with Gasteiger partial charge < -0.3 is 9.88 Å². The molecule has 2 aromatic heterocycles. The Hall–Kier alpha value is -2.44. The van der Waals surface area contributed by atoms with Crippen molar-refractivity contribution in [1.82, 2.24) is 25.1 Å². The number of carbonyl (C=O) groups is 1. The van der Waals surface area contributed by atoms with Crippen molar-refractivity contribution in [1.29, 1.82) is 0 Å². The van der Waals surface area contributed by atoms with Crippen LogP contribution in [0.5, 0.6) is 0 Å². The molecule has 1 amide bonds. The number of hydrogen-bond acceptors (Lipinski definition) is 4. The molecule has 0 aliphatic carbocycles. The van der Waals surface area contributed by atoms with E-state index in [1.807, 2.05) is 0 Å². The molecule has 7 heteroatoms. The van der Waals surface area contributed by atoms with Crippen molar-refractivity contribution in [2.45, 2.75) is 6.54 Å². The molecule has 0 unspecified atom stereocenters. The van der Waals surface area contributed by atoms with Crippen LogP contribution in [0, 0.1) is 0 Å². The average molecular weight is 233 g/mol. The number of carbonyl (C=O) groups excluding carboxylic acids is 1. The minimum Gasteiger partial charge on any atom is -0.334 e. The normalized spacial score (nSPS) is 10.2. The summed E-state index contributed by atoms with van der Waals surface area (Å²) < 4.78 is 0. The van der Waals surface area contributed by atoms with Crippen LogP contribution < -0.4 is 5.56 Å². The maximum absolute atomic E-state index is 11.9. The Morgan fingerprint density at radius 3 is 3.00 bits per heavy atom. The largest absolute Gasteiger partial charge is 0.334 e. The molecule has 0 radical (unpaired) electrons. The van der Waals surface area contributed by atoms with Crippen molar-refractivity contribution in [3.8, 4) is 0 Å². The highest BCUT2D eigenvalue weighted by Crippen LogP contribution is 2.00. The topological polar surface area (TPSA) is 94.7 Å². The van der Waals surface area contributed by atoms with Crippen molar-refractivity contribution in [3.05, 3.63) is 46.4 Å². The highest BCUT2D eigenvalue weighted by Gasteiger charge is 2.15. The van der Waals surface area contributed by atoms with E-state index in [2.05, 4.69) is 20.2 Å². The molecule has 0 aliphatic heterocycles. The van der Waals surface area contributed by atoms with E-state index in [1.165, 1.54) is 23.5 Å². The van der Waals surface area contributed by atoms with E-state index in [-0.39, 0.29) is 18.0 Å². The summed E-state index contributed by atoms with van der Waals surface area (Å²) in [7, 11) is 1.59. The van der Waals surface area contributed by atoms with E-state index in [9.17, 15) is 9.59 Å². The monoisotopic (exact) mass is 233 g/mol. The summed E-state index contributed by atoms with van der Waals surface area (Å²) in [6.45, 7) is 0.271. The zero-order valence-corrected chi connectivity index (χ0v) is 9.17. The highest BCUT2D eigenvalue weighted by molar-refractivity contribution is 5.93. The summed E-state index contributed by atoms with van der Waals surface area (Å²) in [5.41, 5.74) is -0.295. The summed E-state index contributed by atoms with van der Waals surface area (Å²) in [6.07, 6.45) is 2.85. The molecule has 88 valence electrons. The number of rotatable bonds is 3. The summed E-state index contributed by atoms with van der Waals surface area (Å²) in [5.74, 6) is 0.205. The Morgan fingerprint density at radius 2 is 2.35 bits per heavy atom. The Labute approximate surface area is 96.5 Å². The van der Waals surface area contributed by atoms with E-state index in [0.717, 1.165) is 0 Å². The second kappa shape index (κ2) is 4.60. The maximum atomic E-state index is 11.9. The van der Waals surface area contributed by atoms with Gasteiger partial charge in [0.05, 0.1) is 6.54 Å². The number of nitrogens with zero attached hydrogens (tertiary/aromatic N) is 3. The van der Waals surface area contributed by atoms with Crippen LogP contribution in [-0.4, -0.2) is 38.0 Å². The van der Waals surface area contributed by atoms with Gasteiger partial charge in [0.25, 0.3) is 11.5 Å². The quantitative estimate of drug-likeness (QED) is 0.765. The minimum atomic E-state index is -0.401. The molecule has 0 aliphatic rings. The molecule has 0 spiro atoms. The number of hydrogen-bond donors (Lipinski definition) is 2. The van der Waals surface area contributed by atoms with Gasteiger partial charge in [-0.05, 0) is 12.1 Å². The van der Waals surface area contributed by atoms with Crippen LogP contribution in [0.1, 0.15) is 16.2 Å². The Morgan fingerprint density at radius 1 is 1.53 bits per heavy atom. The predicted octanol–water partition coefficient (Wildman–Crippen LogP) is -0.235. The van der Waals surface area contributed by atoms with E-state index in [1.54, 1.807) is 13.1 Å². The lowest BCUT2D eigenvalue weighted by molar-refractivity contribution is 0.0780. The summed E-state index contributed by atoms with van der Waals surface area (Å²) in [4.78, 5) is 31.1. The highest BCUT2D eigenvalue weighted by atomic mass is 16.2. The fourth-order valence-corrected chi connectivity index (χ4v) is 1.40. The van der Waals surface area contributed by atoms with Crippen molar-refractivity contribution < 1.29 is 4.79 Å². The van der Waals surface area contributed by atoms with Crippen molar-refractivity contribution in [2.24, 2.45) is 0 Å². The van der Waals surface area contributed by atoms with Gasteiger partial charge in [-0.25, -0.2) is 4.98 Å². The van der Waals surface area contributed by atoms with Crippen LogP contribution in [0.2, 0.25) is 0 Å². The molecule has 2 heterocycles. The zero-order valence-electron chi connectivity index (χ0n) is 9.17. The molecule has 0 saturated heterocycles. The molecular weight excluding hydrogens is 222 g/mol. The standard InChI is InChI=1S/C10H11N5O2/c1-15(5-8-12-6-13-14-8)10(17)7-3-2-4-11-9(7)16/h2-4,6H,5H2,1H3,(H,11,16)(H,12,13,14). The van der Waals surface area contributed by atoms with E-state index in [0.29, 0.717) is 5.82 Å². The number of H-pyrrole nitrogens is 2. The summed E-state index contributed by atoms with van der Waals surface area (Å²) >= 11 is 0. The van der Waals surface area contributed by atoms with Gasteiger partial charge in [-0.1, -0.05) is 0 Å². The first-order chi connectivity index (χ1) is 8.18. The van der Waals surface area contributed by atoms with Crippen molar-refractivity contribution in [3.63, 3.8) is 0 Å². The molecule has 17 heavy (non-hydrogen) atoms. The number of pyridine rings is 1. The Balaban J connectivity index is 2.15. The minimum absolute atomic E-state index is 0.106. The van der Waals surface area contributed by atoms with Crippen LogP contribution in [0.3, 0.4) is 0 Å². The fraction of sp³-hybridized carbons (Fsp3) is 0.200. The van der Waals surface area contributed by atoms with E-state index >= 15 is 0 Å². The second-order valence-electron chi connectivity index (χ2n) is 3.51. The van der Waals surface area contributed by atoms with Gasteiger partial charge in [-0.15, -0.1) is 0 Å². The van der Waals surface area contributed by atoms with Gasteiger partial charge >= 0.3 is 0 Å². The fourth-order valence-electron chi connectivity index (χ4n) is 1.40. The smallest absolute Gasteiger partial charge is 0.260 e. The van der Waals surface area contributed by atoms with Gasteiger partial charge in [-0.2, -0.15) is 5.10 Å². The molecule has 7 nitrogen and oxygen atoms in total. The molecular formula is C10H11N5O2. The SMILES string of the molecule is CN(Cc1ncn[nH]1)C(=O)c1ccc[nH]c1=O. The molecule has 0 bridgehead atoms. The number of amides is 1. The molecule has 0 aromatic carbocycles. The number of aromatic amines is 2. The molecule has 0 saturated carbocycles. The molecule has 2 aromatic rings. The van der Waals surface area contributed by atoms with Gasteiger partial charge in [0.1, 0.15) is 17.7 Å². The maximum Gasteiger partial charge on any atom is 0.260 e. The summed E-state index contributed by atoms with van der Waals surface area (Å²) in [6, 6.07) is 3.09. The predicted molar refractivity (Wildman–Crippen MR) is 59.2 cm³/mol. The summed E-state index contributed by atoms with van der Waals surface area (Å²) in [5, 5.41) is 6.33. The third-order valence-electron chi connectivity index (χ3n) is 2.25. The number of nitrogens with one attached hydrogen (secondary N) is 2. The average Bonchev–Trinajstić information content (AvgIpc) is 2.81. The van der Waals surface area contributed by atoms with Crippen LogP contribution in [0.15, 0.2) is 29.5 Å². The Kier molecular flexibility index (Phi) is 2.99. The van der Waals surface area contributed by atoms with Crippen molar-refractivity contribution in [2.75, 3.05) is 7.05 Å². The first-order valence-electron chi connectivity index (χ1n) is 4.96. The zero-order chi connectivity index (χ0) is 12.3. The third-order valence-corrected chi connectivity index (χ3v) is 2.25. The van der Waals surface area contributed by atoms with Crippen LogP contribution >= 0.6 is 0 Å². The van der Waals surface area contributed by atoms with Gasteiger partial charge in [0.2, 0.25) is 0 Å². The van der Waals surface area contributed by atoms with Crippen LogP contribution in [0.4, 0.5) is 0 Å². The number of aromatic nitrogens is 4. The molecule has 0 fully saturated rings.